The Labute approximate surface area is 98.1 Å². The first-order valence-electron chi connectivity index (χ1n) is 5.30. The van der Waals surface area contributed by atoms with Crippen molar-refractivity contribution in [3.05, 3.63) is 57.6 Å². The van der Waals surface area contributed by atoms with Crippen LogP contribution in [0.4, 0.5) is 4.39 Å². The van der Waals surface area contributed by atoms with E-state index in [1.807, 2.05) is 6.92 Å². The first-order valence-corrected chi connectivity index (χ1v) is 5.30. The van der Waals surface area contributed by atoms with Crippen LogP contribution in [0.25, 0.3) is 11.3 Å². The lowest BCUT2D eigenvalue weighted by atomic mass is 10.1. The maximum absolute atomic E-state index is 13.1. The van der Waals surface area contributed by atoms with Gasteiger partial charge in [0.1, 0.15) is 5.82 Å². The maximum Gasteiger partial charge on any atom is 0.252 e. The van der Waals surface area contributed by atoms with Crippen LogP contribution in [0.15, 0.2) is 35.1 Å². The van der Waals surface area contributed by atoms with Crippen LogP contribution in [-0.2, 0) is 6.54 Å². The smallest absolute Gasteiger partial charge is 0.252 e. The molecule has 0 saturated heterocycles. The van der Waals surface area contributed by atoms with Crippen LogP contribution in [0.3, 0.4) is 0 Å². The largest absolute Gasteiger partial charge is 0.326 e. The minimum Gasteiger partial charge on any atom is -0.326 e. The fourth-order valence-corrected chi connectivity index (χ4v) is 1.79. The number of nitrogens with one attached hydrogen (secondary N) is 1. The van der Waals surface area contributed by atoms with Gasteiger partial charge in [0.25, 0.3) is 5.56 Å². The van der Waals surface area contributed by atoms with Crippen molar-refractivity contribution in [1.29, 1.82) is 0 Å². The van der Waals surface area contributed by atoms with E-state index in [0.29, 0.717) is 16.8 Å². The summed E-state index contributed by atoms with van der Waals surface area (Å²) >= 11 is 0. The molecule has 0 aliphatic rings. The molecule has 3 nitrogen and oxygen atoms in total. The summed E-state index contributed by atoms with van der Waals surface area (Å²) in [5.41, 5.74) is 7.92. The van der Waals surface area contributed by atoms with Gasteiger partial charge in [-0.15, -0.1) is 0 Å². The molecule has 0 aliphatic heterocycles. The van der Waals surface area contributed by atoms with Gasteiger partial charge in [-0.1, -0.05) is 12.1 Å². The van der Waals surface area contributed by atoms with Gasteiger partial charge in [-0.05, 0) is 30.7 Å². The Hall–Kier alpha value is -1.94. The predicted octanol–water partition coefficient (Wildman–Crippen LogP) is 1.95. The summed E-state index contributed by atoms with van der Waals surface area (Å²) in [6, 6.07) is 7.85. The number of aromatic amines is 1. The molecule has 2 aromatic rings. The van der Waals surface area contributed by atoms with E-state index in [9.17, 15) is 9.18 Å². The summed E-state index contributed by atoms with van der Waals surface area (Å²) < 4.78 is 13.1. The Morgan fingerprint density at radius 1 is 1.35 bits per heavy atom. The monoisotopic (exact) mass is 232 g/mol. The molecular weight excluding hydrogens is 219 g/mol. The number of rotatable bonds is 2. The molecule has 3 N–H and O–H groups in total. The Bertz CT molecular complexity index is 605. The van der Waals surface area contributed by atoms with E-state index in [-0.39, 0.29) is 17.9 Å². The zero-order chi connectivity index (χ0) is 12.4. The Morgan fingerprint density at radius 2 is 2.12 bits per heavy atom. The van der Waals surface area contributed by atoms with Gasteiger partial charge >= 0.3 is 0 Å². The Balaban J connectivity index is 2.61. The van der Waals surface area contributed by atoms with Gasteiger partial charge in [-0.3, -0.25) is 4.79 Å². The second-order valence-corrected chi connectivity index (χ2v) is 3.90. The van der Waals surface area contributed by atoms with Crippen molar-refractivity contribution in [2.75, 3.05) is 0 Å². The van der Waals surface area contributed by atoms with Crippen molar-refractivity contribution in [3.8, 4) is 11.3 Å². The first-order chi connectivity index (χ1) is 8.11. The molecule has 0 aliphatic carbocycles. The molecular formula is C13H13FN2O. The average Bonchev–Trinajstić information content (AvgIpc) is 2.31. The minimum atomic E-state index is -0.328. The molecule has 0 amide bonds. The number of halogens is 1. The summed E-state index contributed by atoms with van der Waals surface area (Å²) in [4.78, 5) is 14.4. The van der Waals surface area contributed by atoms with Crippen LogP contribution >= 0.6 is 0 Å². The van der Waals surface area contributed by atoms with E-state index in [2.05, 4.69) is 4.98 Å². The highest BCUT2D eigenvalue weighted by molar-refractivity contribution is 5.62. The van der Waals surface area contributed by atoms with Crippen molar-refractivity contribution in [2.45, 2.75) is 13.5 Å². The molecule has 0 bridgehead atoms. The third-order valence-electron chi connectivity index (χ3n) is 2.65. The number of aryl methyl sites for hydroxylation is 1. The van der Waals surface area contributed by atoms with Crippen LogP contribution < -0.4 is 11.3 Å². The van der Waals surface area contributed by atoms with Gasteiger partial charge < -0.3 is 10.7 Å². The second kappa shape index (κ2) is 4.51. The zero-order valence-corrected chi connectivity index (χ0v) is 9.46. The first kappa shape index (κ1) is 11.5. The van der Waals surface area contributed by atoms with Gasteiger partial charge in [-0.2, -0.15) is 0 Å². The normalized spacial score (nSPS) is 10.5. The van der Waals surface area contributed by atoms with Gasteiger partial charge in [0, 0.05) is 17.7 Å². The molecule has 0 spiro atoms. The summed E-state index contributed by atoms with van der Waals surface area (Å²) in [6.07, 6.45) is 0. The number of H-pyrrole nitrogens is 1. The maximum atomic E-state index is 13.1. The van der Waals surface area contributed by atoms with Crippen molar-refractivity contribution >= 4 is 0 Å². The molecule has 17 heavy (non-hydrogen) atoms. The number of benzene rings is 1. The van der Waals surface area contributed by atoms with Crippen LogP contribution in [0.2, 0.25) is 0 Å². The second-order valence-electron chi connectivity index (χ2n) is 3.90. The summed E-state index contributed by atoms with van der Waals surface area (Å²) in [5, 5.41) is 0. The molecule has 1 heterocycles. The van der Waals surface area contributed by atoms with Gasteiger partial charge in [0.15, 0.2) is 0 Å². The number of hydrogen-bond donors (Lipinski definition) is 2. The van der Waals surface area contributed by atoms with E-state index in [4.69, 9.17) is 5.73 Å². The molecule has 88 valence electrons. The fourth-order valence-electron chi connectivity index (χ4n) is 1.79. The summed E-state index contributed by atoms with van der Waals surface area (Å²) in [7, 11) is 0. The van der Waals surface area contributed by atoms with Crippen LogP contribution in [-0.4, -0.2) is 4.98 Å². The molecule has 1 aromatic carbocycles. The predicted molar refractivity (Wildman–Crippen MR) is 65.1 cm³/mol. The summed E-state index contributed by atoms with van der Waals surface area (Å²) in [5.74, 6) is -0.328. The SMILES string of the molecule is Cc1cc(CN)c(=O)[nH]c1-c1cccc(F)c1. The number of pyridine rings is 1. The van der Waals surface area contributed by atoms with E-state index in [1.54, 1.807) is 18.2 Å². The van der Waals surface area contributed by atoms with E-state index in [0.717, 1.165) is 5.56 Å². The van der Waals surface area contributed by atoms with Crippen molar-refractivity contribution < 1.29 is 4.39 Å². The molecule has 0 atom stereocenters. The fraction of sp³-hybridized carbons (Fsp3) is 0.154. The summed E-state index contributed by atoms with van der Waals surface area (Å²) in [6.45, 7) is 2.05. The standard InChI is InChI=1S/C13H13FN2O/c1-8-5-10(7-15)13(17)16-12(8)9-3-2-4-11(14)6-9/h2-6H,7,15H2,1H3,(H,16,17). The highest BCUT2D eigenvalue weighted by Gasteiger charge is 2.07. The average molecular weight is 232 g/mol. The Morgan fingerprint density at radius 3 is 2.76 bits per heavy atom. The topological polar surface area (TPSA) is 58.9 Å². The van der Waals surface area contributed by atoms with E-state index < -0.39 is 0 Å². The highest BCUT2D eigenvalue weighted by Crippen LogP contribution is 2.20. The van der Waals surface area contributed by atoms with Crippen molar-refractivity contribution in [1.82, 2.24) is 4.98 Å². The van der Waals surface area contributed by atoms with Crippen LogP contribution in [0.1, 0.15) is 11.1 Å². The lowest BCUT2D eigenvalue weighted by Gasteiger charge is -2.07. The van der Waals surface area contributed by atoms with Gasteiger partial charge in [0.05, 0.1) is 5.69 Å². The van der Waals surface area contributed by atoms with Crippen molar-refractivity contribution in [2.24, 2.45) is 5.73 Å². The lowest BCUT2D eigenvalue weighted by molar-refractivity contribution is 0.628. The highest BCUT2D eigenvalue weighted by atomic mass is 19.1. The van der Waals surface area contributed by atoms with E-state index in [1.165, 1.54) is 12.1 Å². The number of hydrogen-bond acceptors (Lipinski definition) is 2. The number of nitrogens with two attached hydrogens (primary N) is 1. The minimum absolute atomic E-state index is 0.194. The third kappa shape index (κ3) is 2.26. The zero-order valence-electron chi connectivity index (χ0n) is 9.46. The van der Waals surface area contributed by atoms with Crippen LogP contribution in [0.5, 0.6) is 0 Å². The quantitative estimate of drug-likeness (QED) is 0.831. The molecule has 1 aromatic heterocycles. The molecule has 2 rings (SSSR count). The number of aromatic nitrogens is 1. The molecule has 0 saturated carbocycles. The van der Waals surface area contributed by atoms with Gasteiger partial charge in [-0.25, -0.2) is 4.39 Å². The third-order valence-corrected chi connectivity index (χ3v) is 2.65. The molecule has 4 heteroatoms. The van der Waals surface area contributed by atoms with E-state index >= 15 is 0 Å². The van der Waals surface area contributed by atoms with Crippen LogP contribution in [0, 0.1) is 12.7 Å². The molecule has 0 fully saturated rings. The van der Waals surface area contributed by atoms with Gasteiger partial charge in [0.2, 0.25) is 0 Å². The molecule has 0 unspecified atom stereocenters. The molecule has 0 radical (unpaired) electrons. The lowest BCUT2D eigenvalue weighted by Crippen LogP contribution is -2.17. The van der Waals surface area contributed by atoms with Crippen molar-refractivity contribution in [3.63, 3.8) is 0 Å². The Kier molecular flexibility index (Phi) is 3.06.